The molecule has 5 heteroatoms. The molecule has 28 heavy (non-hydrogen) atoms. The maximum atomic E-state index is 13.2. The first-order valence-corrected chi connectivity index (χ1v) is 10.9. The molecule has 1 aromatic carbocycles. The predicted octanol–water partition coefficient (Wildman–Crippen LogP) is 3.52. The highest BCUT2D eigenvalue weighted by Crippen LogP contribution is 2.61. The van der Waals surface area contributed by atoms with Crippen LogP contribution in [-0.2, 0) is 16.8 Å². The summed E-state index contributed by atoms with van der Waals surface area (Å²) in [6.45, 7) is 0.741. The molecule has 1 aromatic rings. The molecule has 148 valence electrons. The Morgan fingerprint density at radius 2 is 1.89 bits per heavy atom. The monoisotopic (exact) mass is 380 g/mol. The minimum atomic E-state index is -0.603. The normalized spacial score (nSPS) is 43.3. The third-order valence-corrected chi connectivity index (χ3v) is 8.67. The van der Waals surface area contributed by atoms with Crippen LogP contribution in [0.4, 0.5) is 4.79 Å². The molecule has 1 spiro atoms. The summed E-state index contributed by atoms with van der Waals surface area (Å²) in [5.74, 6) is 0.637. The van der Waals surface area contributed by atoms with E-state index in [-0.39, 0.29) is 17.6 Å². The first kappa shape index (κ1) is 16.9. The van der Waals surface area contributed by atoms with Crippen LogP contribution in [0.5, 0.6) is 0 Å². The van der Waals surface area contributed by atoms with Crippen LogP contribution in [0.15, 0.2) is 24.3 Å². The summed E-state index contributed by atoms with van der Waals surface area (Å²) in [4.78, 5) is 27.3. The second kappa shape index (κ2) is 5.52. The van der Waals surface area contributed by atoms with Crippen LogP contribution in [0, 0.1) is 23.2 Å². The van der Waals surface area contributed by atoms with Crippen molar-refractivity contribution in [3.63, 3.8) is 0 Å². The summed E-state index contributed by atoms with van der Waals surface area (Å²) >= 11 is 0. The molecule has 1 heterocycles. The molecule has 4 bridgehead atoms. The molecule has 1 aliphatic heterocycles. The van der Waals surface area contributed by atoms with Gasteiger partial charge in [-0.05, 0) is 80.2 Å². The zero-order chi connectivity index (χ0) is 19.1. The summed E-state index contributed by atoms with van der Waals surface area (Å²) in [6, 6.07) is 8.85. The summed E-state index contributed by atoms with van der Waals surface area (Å²) in [6.07, 6.45) is 7.76. The van der Waals surface area contributed by atoms with Crippen LogP contribution < -0.4 is 5.32 Å². The first-order valence-electron chi connectivity index (χ1n) is 10.9. The van der Waals surface area contributed by atoms with Crippen molar-refractivity contribution in [2.24, 2.45) is 23.2 Å². The number of carbonyl (C=O) groups excluding carboxylic acids is 1. The number of hydrogen-bond donors (Lipinski definition) is 2. The molecule has 5 fully saturated rings. The van der Waals surface area contributed by atoms with E-state index in [9.17, 15) is 14.7 Å². The lowest BCUT2D eigenvalue weighted by atomic mass is 9.47. The molecule has 5 aliphatic carbocycles. The maximum absolute atomic E-state index is 13.2. The quantitative estimate of drug-likeness (QED) is 0.825. The molecule has 1 saturated heterocycles. The number of carboxylic acids is 1. The van der Waals surface area contributed by atoms with E-state index in [1.807, 2.05) is 0 Å². The van der Waals surface area contributed by atoms with E-state index in [1.54, 1.807) is 0 Å². The smallest absolute Gasteiger partial charge is 0.318 e. The Bertz CT molecular complexity index is 851. The zero-order valence-corrected chi connectivity index (χ0v) is 16.2. The van der Waals surface area contributed by atoms with Gasteiger partial charge in [-0.15, -0.1) is 0 Å². The molecule has 7 rings (SSSR count). The number of carbonyl (C=O) groups is 2. The Morgan fingerprint density at radius 1 is 1.14 bits per heavy atom. The average molecular weight is 380 g/mol. The number of rotatable bonds is 2. The van der Waals surface area contributed by atoms with Gasteiger partial charge in [-0.2, -0.15) is 0 Å². The summed E-state index contributed by atoms with van der Waals surface area (Å²) in [5.41, 5.74) is 1.89. The van der Waals surface area contributed by atoms with Gasteiger partial charge in [0, 0.05) is 6.04 Å². The van der Waals surface area contributed by atoms with Crippen molar-refractivity contribution in [3.8, 4) is 0 Å². The molecule has 6 aliphatic rings. The molecule has 5 nitrogen and oxygen atoms in total. The van der Waals surface area contributed by atoms with Crippen molar-refractivity contribution >= 4 is 12.0 Å². The Balaban J connectivity index is 1.33. The van der Waals surface area contributed by atoms with Gasteiger partial charge in [0.25, 0.3) is 0 Å². The van der Waals surface area contributed by atoms with Crippen LogP contribution in [0.2, 0.25) is 0 Å². The minimum Gasteiger partial charge on any atom is -0.481 e. The van der Waals surface area contributed by atoms with E-state index in [0.29, 0.717) is 17.8 Å². The van der Waals surface area contributed by atoms with Crippen molar-refractivity contribution in [1.82, 2.24) is 10.2 Å². The van der Waals surface area contributed by atoms with E-state index in [1.165, 1.54) is 11.1 Å². The number of amides is 2. The van der Waals surface area contributed by atoms with E-state index in [2.05, 4.69) is 34.5 Å². The average Bonchev–Trinajstić information content (AvgIpc) is 2.98. The van der Waals surface area contributed by atoms with Gasteiger partial charge in [-0.25, -0.2) is 4.79 Å². The number of nitrogens with one attached hydrogen (secondary N) is 1. The topological polar surface area (TPSA) is 69.6 Å². The van der Waals surface area contributed by atoms with Crippen LogP contribution in [0.1, 0.15) is 56.1 Å². The van der Waals surface area contributed by atoms with E-state index in [4.69, 9.17) is 0 Å². The molecular formula is C23H28N2O3. The third-order valence-electron chi connectivity index (χ3n) is 8.67. The van der Waals surface area contributed by atoms with Gasteiger partial charge in [0.2, 0.25) is 0 Å². The lowest BCUT2D eigenvalue weighted by Gasteiger charge is -2.60. The third kappa shape index (κ3) is 2.13. The fourth-order valence-corrected chi connectivity index (χ4v) is 7.90. The molecule has 2 N–H and O–H groups in total. The van der Waals surface area contributed by atoms with Gasteiger partial charge in [0.1, 0.15) is 0 Å². The first-order chi connectivity index (χ1) is 13.5. The molecule has 3 atom stereocenters. The Labute approximate surface area is 165 Å². The highest BCUT2D eigenvalue weighted by Gasteiger charge is 2.62. The number of aryl methyl sites for hydroxylation is 1. The van der Waals surface area contributed by atoms with Crippen LogP contribution >= 0.6 is 0 Å². The standard InChI is InChI=1S/C23H28N2O3/c26-20(27)22-10-14-8-16(11-22)19(17(9-14)12-22)25-13-23(24-21(25)28)7-3-5-15-4-1-2-6-18(15)23/h1-2,4,6,14,16-17,19H,3,5,7-13H2,(H,24,28)(H,26,27). The van der Waals surface area contributed by atoms with Gasteiger partial charge in [0.15, 0.2) is 0 Å². The number of aliphatic carboxylic acids is 1. The predicted molar refractivity (Wildman–Crippen MR) is 104 cm³/mol. The van der Waals surface area contributed by atoms with Crippen molar-refractivity contribution in [3.05, 3.63) is 35.4 Å². The van der Waals surface area contributed by atoms with Crippen LogP contribution in [-0.4, -0.2) is 34.6 Å². The number of nitrogens with zero attached hydrogens (tertiary/aromatic N) is 1. The highest BCUT2D eigenvalue weighted by molar-refractivity contribution is 5.80. The number of carboxylic acid groups (broad SMARTS) is 1. The van der Waals surface area contributed by atoms with E-state index in [0.717, 1.165) is 57.9 Å². The number of fused-ring (bicyclic) bond motifs is 2. The van der Waals surface area contributed by atoms with Gasteiger partial charge < -0.3 is 15.3 Å². The van der Waals surface area contributed by atoms with E-state index >= 15 is 0 Å². The van der Waals surface area contributed by atoms with Crippen LogP contribution in [0.3, 0.4) is 0 Å². The second-order valence-electron chi connectivity index (χ2n) is 10.2. The Morgan fingerprint density at radius 3 is 2.64 bits per heavy atom. The van der Waals surface area contributed by atoms with Gasteiger partial charge in [-0.1, -0.05) is 24.3 Å². The lowest BCUT2D eigenvalue weighted by Crippen LogP contribution is -2.61. The zero-order valence-electron chi connectivity index (χ0n) is 16.2. The second-order valence-corrected chi connectivity index (χ2v) is 10.2. The minimum absolute atomic E-state index is 0.0681. The molecule has 3 unspecified atom stereocenters. The summed E-state index contributed by atoms with van der Waals surface area (Å²) in [7, 11) is 0. The van der Waals surface area contributed by atoms with Crippen LogP contribution in [0.25, 0.3) is 0 Å². The molecule has 0 radical (unpaired) electrons. The van der Waals surface area contributed by atoms with Crippen molar-refractivity contribution < 1.29 is 14.7 Å². The largest absolute Gasteiger partial charge is 0.481 e. The fraction of sp³-hybridized carbons (Fsp3) is 0.652. The number of benzene rings is 1. The summed E-state index contributed by atoms with van der Waals surface area (Å²) < 4.78 is 0. The Kier molecular flexibility index (Phi) is 3.33. The van der Waals surface area contributed by atoms with Crippen molar-refractivity contribution in [2.45, 2.75) is 62.9 Å². The van der Waals surface area contributed by atoms with Gasteiger partial charge in [0.05, 0.1) is 17.5 Å². The van der Waals surface area contributed by atoms with Gasteiger partial charge >= 0.3 is 12.0 Å². The number of hydrogen-bond acceptors (Lipinski definition) is 2. The molecule has 0 aromatic heterocycles. The fourth-order valence-electron chi connectivity index (χ4n) is 7.90. The lowest BCUT2D eigenvalue weighted by molar-refractivity contribution is -0.170. The summed E-state index contributed by atoms with van der Waals surface area (Å²) in [5, 5.41) is 13.3. The molecular weight excluding hydrogens is 352 g/mol. The number of urea groups is 1. The maximum Gasteiger partial charge on any atom is 0.318 e. The van der Waals surface area contributed by atoms with Crippen molar-refractivity contribution in [1.29, 1.82) is 0 Å². The highest BCUT2D eigenvalue weighted by atomic mass is 16.4. The molecule has 2 amide bonds. The Hall–Kier alpha value is -2.04. The van der Waals surface area contributed by atoms with Gasteiger partial charge in [-0.3, -0.25) is 4.79 Å². The SMILES string of the molecule is O=C1NC2(CCCc3ccccc32)CN1C1C2CC3CC1CC(C(=O)O)(C3)C2. The molecule has 4 saturated carbocycles. The van der Waals surface area contributed by atoms with E-state index < -0.39 is 11.4 Å². The van der Waals surface area contributed by atoms with Crippen molar-refractivity contribution in [2.75, 3.05) is 6.54 Å².